The Morgan fingerprint density at radius 3 is 2.39 bits per heavy atom. The number of hydrogen-bond donors (Lipinski definition) is 1. The molecule has 1 unspecified atom stereocenters. The molecule has 1 aliphatic heterocycles. The molecule has 0 spiro atoms. The van der Waals surface area contributed by atoms with Gasteiger partial charge in [-0.25, -0.2) is 13.3 Å². The molecule has 1 saturated heterocycles. The Labute approximate surface area is 184 Å². The molecule has 1 atom stereocenters. The van der Waals surface area contributed by atoms with E-state index in [9.17, 15) is 22.8 Å². The molecular weight excluding hydrogens is 438 g/mol. The van der Waals surface area contributed by atoms with Crippen molar-refractivity contribution in [2.45, 2.75) is 55.3 Å². The molecule has 0 bridgehead atoms. The number of anilines is 2. The highest BCUT2D eigenvalue weighted by Crippen LogP contribution is 2.36. The lowest BCUT2D eigenvalue weighted by atomic mass is 10.2. The zero-order valence-corrected chi connectivity index (χ0v) is 18.6. The molecule has 1 aliphatic carbocycles. The van der Waals surface area contributed by atoms with Gasteiger partial charge in [-0.3, -0.25) is 14.4 Å². The van der Waals surface area contributed by atoms with Gasteiger partial charge in [0.15, 0.2) is 0 Å². The molecule has 1 aromatic heterocycles. The highest BCUT2D eigenvalue weighted by Gasteiger charge is 2.49. The van der Waals surface area contributed by atoms with E-state index in [2.05, 4.69) is 5.32 Å². The number of rotatable bonds is 6. The average molecular weight is 462 g/mol. The number of nitrogens with one attached hydrogen (secondary N) is 1. The van der Waals surface area contributed by atoms with Crippen molar-refractivity contribution in [3.63, 3.8) is 0 Å². The second-order valence-corrected chi connectivity index (χ2v) is 10.7. The van der Waals surface area contributed by atoms with Crippen molar-refractivity contribution < 1.29 is 22.8 Å². The molecular formula is C21H23N3O5S2. The molecule has 10 heteroatoms. The van der Waals surface area contributed by atoms with Crippen molar-refractivity contribution in [3.8, 4) is 0 Å². The summed E-state index contributed by atoms with van der Waals surface area (Å²) in [5.41, 5.74) is 0.895. The van der Waals surface area contributed by atoms with Gasteiger partial charge in [-0.05, 0) is 48.6 Å². The minimum atomic E-state index is -3.90. The fourth-order valence-electron chi connectivity index (χ4n) is 4.27. The summed E-state index contributed by atoms with van der Waals surface area (Å²) in [4.78, 5) is 38.4. The zero-order valence-electron chi connectivity index (χ0n) is 17.0. The van der Waals surface area contributed by atoms with Crippen molar-refractivity contribution in [3.05, 3.63) is 41.8 Å². The van der Waals surface area contributed by atoms with Gasteiger partial charge in [-0.1, -0.05) is 18.9 Å². The molecule has 1 saturated carbocycles. The Hall–Kier alpha value is -2.56. The van der Waals surface area contributed by atoms with Crippen LogP contribution >= 0.6 is 11.3 Å². The SMILES string of the molecule is CC(=O)Nc1ccc(N2C(=O)CC(N(C3CCCC3)S(=O)(=O)c3cccs3)C2=O)cc1. The molecule has 1 N–H and O–H groups in total. The number of hydrogen-bond acceptors (Lipinski definition) is 6. The molecule has 2 heterocycles. The van der Waals surface area contributed by atoms with Gasteiger partial charge < -0.3 is 5.32 Å². The quantitative estimate of drug-likeness (QED) is 0.666. The second-order valence-electron chi connectivity index (χ2n) is 7.72. The van der Waals surface area contributed by atoms with E-state index in [4.69, 9.17) is 0 Å². The number of sulfonamides is 1. The first-order chi connectivity index (χ1) is 14.8. The van der Waals surface area contributed by atoms with Crippen molar-refractivity contribution in [1.29, 1.82) is 0 Å². The molecule has 8 nitrogen and oxygen atoms in total. The van der Waals surface area contributed by atoms with Gasteiger partial charge in [-0.2, -0.15) is 4.31 Å². The smallest absolute Gasteiger partial charge is 0.253 e. The van der Waals surface area contributed by atoms with Crippen molar-refractivity contribution in [1.82, 2.24) is 4.31 Å². The molecule has 2 aliphatic rings. The van der Waals surface area contributed by atoms with E-state index in [-0.39, 0.29) is 22.6 Å². The summed E-state index contributed by atoms with van der Waals surface area (Å²) in [6.07, 6.45) is 2.95. The van der Waals surface area contributed by atoms with Crippen molar-refractivity contribution in [2.24, 2.45) is 0 Å². The van der Waals surface area contributed by atoms with E-state index >= 15 is 0 Å². The summed E-state index contributed by atoms with van der Waals surface area (Å²) in [5, 5.41) is 4.32. The highest BCUT2D eigenvalue weighted by molar-refractivity contribution is 7.91. The molecule has 4 rings (SSSR count). The van der Waals surface area contributed by atoms with E-state index in [0.717, 1.165) is 29.1 Å². The van der Waals surface area contributed by atoms with Gasteiger partial charge in [0.2, 0.25) is 11.8 Å². The number of carbonyl (C=O) groups excluding carboxylic acids is 3. The van der Waals surface area contributed by atoms with Crippen LogP contribution in [0.3, 0.4) is 0 Å². The van der Waals surface area contributed by atoms with Crippen molar-refractivity contribution >= 4 is 50.5 Å². The predicted octanol–water partition coefficient (Wildman–Crippen LogP) is 2.97. The number of carbonyl (C=O) groups is 3. The average Bonchev–Trinajstić information content (AvgIpc) is 3.46. The Balaban J connectivity index is 1.66. The van der Waals surface area contributed by atoms with E-state index in [1.165, 1.54) is 17.3 Å². The Bertz CT molecular complexity index is 1090. The summed E-state index contributed by atoms with van der Waals surface area (Å²) in [7, 11) is -3.90. The normalized spacial score (nSPS) is 20.1. The number of amides is 3. The molecule has 2 fully saturated rings. The molecule has 1 aromatic carbocycles. The lowest BCUT2D eigenvalue weighted by Gasteiger charge is -2.31. The maximum atomic E-state index is 13.4. The van der Waals surface area contributed by atoms with Gasteiger partial charge in [0.25, 0.3) is 15.9 Å². The number of imide groups is 1. The first-order valence-corrected chi connectivity index (χ1v) is 12.4. The monoisotopic (exact) mass is 461 g/mol. The van der Waals surface area contributed by atoms with Gasteiger partial charge in [0, 0.05) is 18.7 Å². The number of thiophene rings is 1. The fourth-order valence-corrected chi connectivity index (χ4v) is 7.20. The third kappa shape index (κ3) is 4.15. The third-order valence-corrected chi connectivity index (χ3v) is 8.92. The van der Waals surface area contributed by atoms with Crippen LogP contribution in [0, 0.1) is 0 Å². The summed E-state index contributed by atoms with van der Waals surface area (Å²) >= 11 is 1.11. The Morgan fingerprint density at radius 2 is 1.81 bits per heavy atom. The predicted molar refractivity (Wildman–Crippen MR) is 117 cm³/mol. The first kappa shape index (κ1) is 21.7. The molecule has 31 heavy (non-hydrogen) atoms. The first-order valence-electron chi connectivity index (χ1n) is 10.1. The zero-order chi connectivity index (χ0) is 22.2. The van der Waals surface area contributed by atoms with Crippen LogP contribution in [0.2, 0.25) is 0 Å². The lowest BCUT2D eigenvalue weighted by Crippen LogP contribution is -2.49. The van der Waals surface area contributed by atoms with Crippen LogP contribution in [0.25, 0.3) is 0 Å². The van der Waals surface area contributed by atoms with Gasteiger partial charge in [0.1, 0.15) is 10.3 Å². The largest absolute Gasteiger partial charge is 0.326 e. The summed E-state index contributed by atoms with van der Waals surface area (Å²) in [6, 6.07) is 8.17. The van der Waals surface area contributed by atoms with E-state index in [1.807, 2.05) is 0 Å². The summed E-state index contributed by atoms with van der Waals surface area (Å²) in [5.74, 6) is -1.21. The lowest BCUT2D eigenvalue weighted by molar-refractivity contribution is -0.122. The van der Waals surface area contributed by atoms with Crippen LogP contribution in [0.5, 0.6) is 0 Å². The van der Waals surface area contributed by atoms with Crippen LogP contribution in [0.1, 0.15) is 39.0 Å². The maximum absolute atomic E-state index is 13.4. The number of nitrogens with zero attached hydrogens (tertiary/aromatic N) is 2. The summed E-state index contributed by atoms with van der Waals surface area (Å²) < 4.78 is 28.3. The summed E-state index contributed by atoms with van der Waals surface area (Å²) in [6.45, 7) is 1.39. The molecule has 164 valence electrons. The van der Waals surface area contributed by atoms with Crippen molar-refractivity contribution in [2.75, 3.05) is 10.2 Å². The molecule has 2 aromatic rings. The van der Waals surface area contributed by atoms with E-state index < -0.39 is 27.9 Å². The Morgan fingerprint density at radius 1 is 1.13 bits per heavy atom. The standard InChI is InChI=1S/C21H23N3O5S2/c1-14(25)22-15-8-10-16(11-9-15)23-19(26)13-18(21(23)27)24(17-5-2-3-6-17)31(28,29)20-7-4-12-30-20/h4,7-12,17-18H,2-3,5-6,13H2,1H3,(H,22,25). The molecule has 3 amide bonds. The number of benzene rings is 1. The topological polar surface area (TPSA) is 104 Å². The third-order valence-electron chi connectivity index (χ3n) is 5.59. The second kappa shape index (κ2) is 8.52. The highest BCUT2D eigenvalue weighted by atomic mass is 32.2. The van der Waals surface area contributed by atoms with Gasteiger partial charge in [0.05, 0.1) is 12.1 Å². The van der Waals surface area contributed by atoms with E-state index in [0.29, 0.717) is 24.2 Å². The minimum absolute atomic E-state index is 0.178. The van der Waals surface area contributed by atoms with Crippen LogP contribution in [-0.4, -0.2) is 42.5 Å². The maximum Gasteiger partial charge on any atom is 0.253 e. The van der Waals surface area contributed by atoms with Crippen LogP contribution in [-0.2, 0) is 24.4 Å². The van der Waals surface area contributed by atoms with Crippen LogP contribution in [0.4, 0.5) is 11.4 Å². The molecule has 0 radical (unpaired) electrons. The van der Waals surface area contributed by atoms with Gasteiger partial charge >= 0.3 is 0 Å². The van der Waals surface area contributed by atoms with E-state index in [1.54, 1.807) is 35.7 Å². The minimum Gasteiger partial charge on any atom is -0.326 e. The van der Waals surface area contributed by atoms with Gasteiger partial charge in [-0.15, -0.1) is 11.3 Å². The fraction of sp³-hybridized carbons (Fsp3) is 0.381. The Kier molecular flexibility index (Phi) is 5.96. The van der Waals surface area contributed by atoms with Crippen LogP contribution < -0.4 is 10.2 Å². The van der Waals surface area contributed by atoms with Crippen LogP contribution in [0.15, 0.2) is 46.0 Å².